The highest BCUT2D eigenvalue weighted by atomic mass is 79.9. The van der Waals surface area contributed by atoms with Gasteiger partial charge in [0.2, 0.25) is 0 Å². The Morgan fingerprint density at radius 3 is 2.72 bits per heavy atom. The molecule has 1 aromatic carbocycles. The van der Waals surface area contributed by atoms with Gasteiger partial charge in [-0.3, -0.25) is 4.79 Å². The van der Waals surface area contributed by atoms with Gasteiger partial charge in [0.05, 0.1) is 23.2 Å². The standard InChI is InChI=1S/C11H13BrF2N2O2/c12-10-7(2-1-3-8(10)15)11(18)16(4-5-17)6-9(13)14/h1-3,9,17H,4-6,15H2. The lowest BCUT2D eigenvalue weighted by atomic mass is 10.1. The van der Waals surface area contributed by atoms with E-state index in [1.54, 1.807) is 12.1 Å². The van der Waals surface area contributed by atoms with Crippen LogP contribution in [-0.2, 0) is 0 Å². The van der Waals surface area contributed by atoms with Crippen LogP contribution in [0, 0.1) is 0 Å². The van der Waals surface area contributed by atoms with Crippen molar-refractivity contribution in [1.82, 2.24) is 4.90 Å². The molecular formula is C11H13BrF2N2O2. The summed E-state index contributed by atoms with van der Waals surface area (Å²) in [5.74, 6) is -0.594. The smallest absolute Gasteiger partial charge is 0.255 e. The zero-order chi connectivity index (χ0) is 13.7. The zero-order valence-electron chi connectivity index (χ0n) is 9.44. The molecule has 0 saturated heterocycles. The van der Waals surface area contributed by atoms with Crippen LogP contribution in [0.3, 0.4) is 0 Å². The third-order valence-corrected chi connectivity index (χ3v) is 3.16. The molecule has 1 aromatic rings. The summed E-state index contributed by atoms with van der Waals surface area (Å²) >= 11 is 3.14. The number of rotatable bonds is 5. The lowest BCUT2D eigenvalue weighted by molar-refractivity contribution is 0.0508. The average Bonchev–Trinajstić information content (AvgIpc) is 2.31. The van der Waals surface area contributed by atoms with Crippen LogP contribution in [0.15, 0.2) is 22.7 Å². The van der Waals surface area contributed by atoms with Crippen LogP contribution in [0.4, 0.5) is 14.5 Å². The van der Waals surface area contributed by atoms with Gasteiger partial charge < -0.3 is 15.7 Å². The van der Waals surface area contributed by atoms with Crippen molar-refractivity contribution in [3.63, 3.8) is 0 Å². The van der Waals surface area contributed by atoms with Crippen molar-refractivity contribution >= 4 is 27.5 Å². The van der Waals surface area contributed by atoms with Crippen LogP contribution in [0.1, 0.15) is 10.4 Å². The molecule has 0 aliphatic rings. The molecule has 0 radical (unpaired) electrons. The number of nitrogen functional groups attached to an aromatic ring is 1. The normalized spacial score (nSPS) is 10.7. The fraction of sp³-hybridized carbons (Fsp3) is 0.364. The maximum Gasteiger partial charge on any atom is 0.255 e. The topological polar surface area (TPSA) is 66.6 Å². The minimum atomic E-state index is -2.65. The van der Waals surface area contributed by atoms with E-state index in [-0.39, 0.29) is 18.7 Å². The van der Waals surface area contributed by atoms with E-state index >= 15 is 0 Å². The van der Waals surface area contributed by atoms with Crippen LogP contribution in [0.5, 0.6) is 0 Å². The number of aliphatic hydroxyl groups is 1. The summed E-state index contributed by atoms with van der Waals surface area (Å²) in [4.78, 5) is 12.9. The highest BCUT2D eigenvalue weighted by molar-refractivity contribution is 9.10. The van der Waals surface area contributed by atoms with Crippen molar-refractivity contribution in [2.45, 2.75) is 6.43 Å². The van der Waals surface area contributed by atoms with Crippen molar-refractivity contribution < 1.29 is 18.7 Å². The number of hydrogen-bond donors (Lipinski definition) is 2. The Hall–Kier alpha value is -1.21. The summed E-state index contributed by atoms with van der Waals surface area (Å²) < 4.78 is 25.1. The van der Waals surface area contributed by atoms with E-state index < -0.39 is 18.9 Å². The predicted molar refractivity (Wildman–Crippen MR) is 67.5 cm³/mol. The van der Waals surface area contributed by atoms with Crippen LogP contribution in [-0.4, -0.2) is 42.0 Å². The van der Waals surface area contributed by atoms with Gasteiger partial charge in [0.25, 0.3) is 12.3 Å². The van der Waals surface area contributed by atoms with Crippen LogP contribution >= 0.6 is 15.9 Å². The molecule has 0 aliphatic heterocycles. The molecule has 1 rings (SSSR count). The number of nitrogens with zero attached hydrogens (tertiary/aromatic N) is 1. The monoisotopic (exact) mass is 322 g/mol. The van der Waals surface area contributed by atoms with Gasteiger partial charge in [-0.1, -0.05) is 6.07 Å². The molecule has 0 fully saturated rings. The summed E-state index contributed by atoms with van der Waals surface area (Å²) in [6.45, 7) is -1.25. The van der Waals surface area contributed by atoms with Gasteiger partial charge in [0, 0.05) is 12.2 Å². The van der Waals surface area contributed by atoms with Crippen molar-refractivity contribution in [3.8, 4) is 0 Å². The van der Waals surface area contributed by atoms with Gasteiger partial charge in [-0.15, -0.1) is 0 Å². The summed E-state index contributed by atoms with van der Waals surface area (Å²) in [5, 5.41) is 8.79. The van der Waals surface area contributed by atoms with Crippen molar-refractivity contribution in [2.24, 2.45) is 0 Å². The van der Waals surface area contributed by atoms with Gasteiger partial charge in [0.15, 0.2) is 0 Å². The van der Waals surface area contributed by atoms with Gasteiger partial charge in [-0.2, -0.15) is 0 Å². The second kappa shape index (κ2) is 6.65. The minimum Gasteiger partial charge on any atom is -0.398 e. The number of benzene rings is 1. The number of nitrogens with two attached hydrogens (primary N) is 1. The highest BCUT2D eigenvalue weighted by Gasteiger charge is 2.21. The Labute approximate surface area is 112 Å². The maximum atomic E-state index is 12.4. The molecule has 0 bridgehead atoms. The number of hydrogen-bond acceptors (Lipinski definition) is 3. The maximum absolute atomic E-state index is 12.4. The quantitative estimate of drug-likeness (QED) is 0.811. The molecule has 0 aromatic heterocycles. The van der Waals surface area contributed by atoms with E-state index in [2.05, 4.69) is 15.9 Å². The molecule has 0 spiro atoms. The van der Waals surface area contributed by atoms with Gasteiger partial charge in [0.1, 0.15) is 0 Å². The molecule has 3 N–H and O–H groups in total. The number of carbonyl (C=O) groups excluding carboxylic acids is 1. The summed E-state index contributed by atoms with van der Waals surface area (Å²) in [6.07, 6.45) is -2.65. The molecule has 0 heterocycles. The molecule has 1 amide bonds. The van der Waals surface area contributed by atoms with Crippen LogP contribution in [0.25, 0.3) is 0 Å². The first-order valence-corrected chi connectivity index (χ1v) is 5.99. The molecule has 7 heteroatoms. The summed E-state index contributed by atoms with van der Waals surface area (Å²) in [6, 6.07) is 4.63. The Morgan fingerprint density at radius 1 is 1.50 bits per heavy atom. The molecule has 0 atom stereocenters. The number of amides is 1. The van der Waals surface area contributed by atoms with E-state index in [0.717, 1.165) is 4.90 Å². The van der Waals surface area contributed by atoms with E-state index in [1.165, 1.54) is 6.07 Å². The Bertz CT molecular complexity index is 430. The fourth-order valence-corrected chi connectivity index (χ4v) is 1.88. The lowest BCUT2D eigenvalue weighted by Crippen LogP contribution is -2.37. The zero-order valence-corrected chi connectivity index (χ0v) is 11.0. The Morgan fingerprint density at radius 2 is 2.17 bits per heavy atom. The number of anilines is 1. The Balaban J connectivity index is 2.98. The van der Waals surface area contributed by atoms with Crippen LogP contribution < -0.4 is 5.73 Å². The van der Waals surface area contributed by atoms with Crippen molar-refractivity contribution in [2.75, 3.05) is 25.4 Å². The largest absolute Gasteiger partial charge is 0.398 e. The molecule has 18 heavy (non-hydrogen) atoms. The van der Waals surface area contributed by atoms with Crippen LogP contribution in [0.2, 0.25) is 0 Å². The lowest BCUT2D eigenvalue weighted by Gasteiger charge is -2.22. The first-order valence-electron chi connectivity index (χ1n) is 5.19. The van der Waals surface area contributed by atoms with E-state index in [0.29, 0.717) is 10.2 Å². The molecule has 0 saturated carbocycles. The first kappa shape index (κ1) is 14.8. The first-order chi connectivity index (χ1) is 8.47. The second-order valence-electron chi connectivity index (χ2n) is 3.57. The van der Waals surface area contributed by atoms with Gasteiger partial charge in [-0.05, 0) is 28.1 Å². The van der Waals surface area contributed by atoms with E-state index in [4.69, 9.17) is 10.8 Å². The molecule has 100 valence electrons. The highest BCUT2D eigenvalue weighted by Crippen LogP contribution is 2.25. The van der Waals surface area contributed by atoms with E-state index in [1.807, 2.05) is 0 Å². The second-order valence-corrected chi connectivity index (χ2v) is 4.37. The third-order valence-electron chi connectivity index (χ3n) is 2.27. The molecule has 0 aliphatic carbocycles. The van der Waals surface area contributed by atoms with Gasteiger partial charge >= 0.3 is 0 Å². The molecular weight excluding hydrogens is 310 g/mol. The van der Waals surface area contributed by atoms with Crippen molar-refractivity contribution in [3.05, 3.63) is 28.2 Å². The SMILES string of the molecule is Nc1cccc(C(=O)N(CCO)CC(F)F)c1Br. The van der Waals surface area contributed by atoms with Crippen molar-refractivity contribution in [1.29, 1.82) is 0 Å². The fourth-order valence-electron chi connectivity index (χ4n) is 1.45. The number of halogens is 3. The number of aliphatic hydroxyl groups excluding tert-OH is 1. The average molecular weight is 323 g/mol. The summed E-state index contributed by atoms with van der Waals surface area (Å²) in [7, 11) is 0. The molecule has 4 nitrogen and oxygen atoms in total. The molecule has 0 unspecified atom stereocenters. The Kier molecular flexibility index (Phi) is 5.49. The number of carbonyl (C=O) groups is 1. The predicted octanol–water partition coefficient (Wildman–Crippen LogP) is 1.73. The van der Waals surface area contributed by atoms with E-state index in [9.17, 15) is 13.6 Å². The summed E-state index contributed by atoms with van der Waals surface area (Å²) in [5.41, 5.74) is 6.17. The minimum absolute atomic E-state index is 0.148. The third kappa shape index (κ3) is 3.64. The number of alkyl halides is 2. The van der Waals surface area contributed by atoms with Gasteiger partial charge in [-0.25, -0.2) is 8.78 Å².